The molecule has 1 aromatic carbocycles. The zero-order valence-electron chi connectivity index (χ0n) is 15.2. The van der Waals surface area contributed by atoms with Gasteiger partial charge in [0.05, 0.1) is 6.20 Å². The molecule has 0 bridgehead atoms. The van der Waals surface area contributed by atoms with Gasteiger partial charge in [0.25, 0.3) is 5.91 Å². The first-order chi connectivity index (χ1) is 13.6. The van der Waals surface area contributed by atoms with Crippen molar-refractivity contribution >= 4 is 17.5 Å². The van der Waals surface area contributed by atoms with Crippen molar-refractivity contribution in [1.82, 2.24) is 24.4 Å². The molecule has 4 heterocycles. The first-order valence-corrected chi connectivity index (χ1v) is 9.08. The maximum absolute atomic E-state index is 13.3. The minimum atomic E-state index is -0.881. The predicted molar refractivity (Wildman–Crippen MR) is 100 cm³/mol. The number of nitrogens with zero attached hydrogens (tertiary/aromatic N) is 5. The molecule has 8 nitrogen and oxygen atoms in total. The number of aromatic nitrogens is 4. The summed E-state index contributed by atoms with van der Waals surface area (Å²) in [5.41, 5.74) is 1.07. The van der Waals surface area contributed by atoms with Crippen LogP contribution in [0.2, 0.25) is 0 Å². The van der Waals surface area contributed by atoms with Crippen molar-refractivity contribution in [3.8, 4) is 0 Å². The number of rotatable bonds is 2. The normalized spacial score (nSPS) is 23.1. The second-order valence-corrected chi connectivity index (χ2v) is 7.11. The third-order valence-corrected chi connectivity index (χ3v) is 5.73. The highest BCUT2D eigenvalue weighted by molar-refractivity contribution is 6.08. The molecule has 2 aliphatic heterocycles. The summed E-state index contributed by atoms with van der Waals surface area (Å²) < 4.78 is 1.86. The Morgan fingerprint density at radius 1 is 1.21 bits per heavy atom. The molecule has 1 saturated heterocycles. The Bertz CT molecular complexity index is 1080. The van der Waals surface area contributed by atoms with Gasteiger partial charge in [0, 0.05) is 44.1 Å². The van der Waals surface area contributed by atoms with Crippen LogP contribution in [-0.4, -0.2) is 42.8 Å². The standard InChI is InChI=1S/C20H18N6O2/c1-25-11-9-23-17(25)16-20(13-4-2-3-5-14(13)24-19(20)28)6-10-26(16)18(27)15-12-21-7-8-22-15/h2-5,7-9,11-12,16H,6,10H2,1H3,(H,24,28)/t16-,20+/m0/s1. The van der Waals surface area contributed by atoms with E-state index in [0.29, 0.717) is 18.8 Å². The number of imidazole rings is 1. The van der Waals surface area contributed by atoms with Crippen molar-refractivity contribution in [2.24, 2.45) is 7.05 Å². The molecule has 2 aromatic heterocycles. The van der Waals surface area contributed by atoms with Gasteiger partial charge in [0.2, 0.25) is 5.91 Å². The minimum absolute atomic E-state index is 0.101. The number of para-hydroxylation sites is 1. The molecule has 28 heavy (non-hydrogen) atoms. The average Bonchev–Trinajstić information content (AvgIpc) is 3.39. The van der Waals surface area contributed by atoms with E-state index in [0.717, 1.165) is 11.3 Å². The van der Waals surface area contributed by atoms with Gasteiger partial charge in [0.15, 0.2) is 0 Å². The van der Waals surface area contributed by atoms with Crippen LogP contribution in [0.3, 0.4) is 0 Å². The molecule has 8 heteroatoms. The fraction of sp³-hybridized carbons (Fsp3) is 0.250. The van der Waals surface area contributed by atoms with E-state index >= 15 is 0 Å². The monoisotopic (exact) mass is 374 g/mol. The molecule has 2 aliphatic rings. The molecule has 3 aromatic rings. The largest absolute Gasteiger partial charge is 0.336 e. The van der Waals surface area contributed by atoms with Crippen LogP contribution in [0.1, 0.15) is 34.3 Å². The van der Waals surface area contributed by atoms with Crippen molar-refractivity contribution in [2.45, 2.75) is 17.9 Å². The first-order valence-electron chi connectivity index (χ1n) is 9.08. The van der Waals surface area contributed by atoms with Crippen LogP contribution in [0.15, 0.2) is 55.2 Å². The minimum Gasteiger partial charge on any atom is -0.336 e. The third-order valence-electron chi connectivity index (χ3n) is 5.73. The molecule has 5 rings (SSSR count). The van der Waals surface area contributed by atoms with E-state index < -0.39 is 11.5 Å². The highest BCUT2D eigenvalue weighted by Gasteiger charge is 2.60. The molecule has 1 fully saturated rings. The Morgan fingerprint density at radius 3 is 2.82 bits per heavy atom. The summed E-state index contributed by atoms with van der Waals surface area (Å²) in [4.78, 5) is 40.9. The molecule has 0 unspecified atom stereocenters. The highest BCUT2D eigenvalue weighted by atomic mass is 16.2. The van der Waals surface area contributed by atoms with Gasteiger partial charge in [-0.2, -0.15) is 0 Å². The van der Waals surface area contributed by atoms with Crippen LogP contribution in [0, 0.1) is 0 Å². The number of aryl methyl sites for hydroxylation is 1. The predicted octanol–water partition coefficient (Wildman–Crippen LogP) is 1.69. The van der Waals surface area contributed by atoms with Crippen molar-refractivity contribution in [3.05, 3.63) is 72.3 Å². The Balaban J connectivity index is 1.69. The Hall–Kier alpha value is -3.55. The average molecular weight is 374 g/mol. The summed E-state index contributed by atoms with van der Waals surface area (Å²) in [7, 11) is 1.87. The van der Waals surface area contributed by atoms with Gasteiger partial charge in [-0.25, -0.2) is 9.97 Å². The summed E-state index contributed by atoms with van der Waals surface area (Å²) in [5, 5.41) is 3.00. The first kappa shape index (κ1) is 16.6. The van der Waals surface area contributed by atoms with Gasteiger partial charge in [-0.05, 0) is 18.1 Å². The quantitative estimate of drug-likeness (QED) is 0.737. The number of anilines is 1. The topological polar surface area (TPSA) is 93.0 Å². The summed E-state index contributed by atoms with van der Waals surface area (Å²) in [6.07, 6.45) is 8.49. The smallest absolute Gasteiger partial charge is 0.274 e. The molecular weight excluding hydrogens is 356 g/mol. The van der Waals surface area contributed by atoms with E-state index in [1.807, 2.05) is 42.1 Å². The lowest BCUT2D eigenvalue weighted by Crippen LogP contribution is -2.44. The number of hydrogen-bond acceptors (Lipinski definition) is 5. The zero-order valence-corrected chi connectivity index (χ0v) is 15.2. The van der Waals surface area contributed by atoms with E-state index in [4.69, 9.17) is 0 Å². The van der Waals surface area contributed by atoms with Crippen LogP contribution in [0.4, 0.5) is 5.69 Å². The van der Waals surface area contributed by atoms with Gasteiger partial charge in [-0.1, -0.05) is 18.2 Å². The van der Waals surface area contributed by atoms with E-state index in [9.17, 15) is 9.59 Å². The van der Waals surface area contributed by atoms with Crippen molar-refractivity contribution in [2.75, 3.05) is 11.9 Å². The number of likely N-dealkylation sites (tertiary alicyclic amines) is 1. The number of hydrogen-bond donors (Lipinski definition) is 1. The van der Waals surface area contributed by atoms with Gasteiger partial charge in [-0.15, -0.1) is 0 Å². The third kappa shape index (κ3) is 2.14. The van der Waals surface area contributed by atoms with Gasteiger partial charge in [0.1, 0.15) is 23.0 Å². The molecule has 2 amide bonds. The Morgan fingerprint density at radius 2 is 2.07 bits per heavy atom. The summed E-state index contributed by atoms with van der Waals surface area (Å²) in [6, 6.07) is 7.13. The van der Waals surface area contributed by atoms with Gasteiger partial charge < -0.3 is 14.8 Å². The molecule has 140 valence electrons. The molecule has 1 N–H and O–H groups in total. The molecule has 0 aliphatic carbocycles. The van der Waals surface area contributed by atoms with Crippen LogP contribution in [0.5, 0.6) is 0 Å². The number of amides is 2. The van der Waals surface area contributed by atoms with E-state index in [-0.39, 0.29) is 17.5 Å². The number of carbonyl (C=O) groups excluding carboxylic acids is 2. The second kappa shape index (κ2) is 5.98. The van der Waals surface area contributed by atoms with Crippen molar-refractivity contribution in [1.29, 1.82) is 0 Å². The molecule has 1 spiro atoms. The van der Waals surface area contributed by atoms with Crippen molar-refractivity contribution in [3.63, 3.8) is 0 Å². The number of nitrogens with one attached hydrogen (secondary N) is 1. The van der Waals surface area contributed by atoms with E-state index in [2.05, 4.69) is 20.3 Å². The molecule has 0 radical (unpaired) electrons. The maximum atomic E-state index is 13.3. The number of fused-ring (bicyclic) bond motifs is 2. The molecule has 0 saturated carbocycles. The van der Waals surface area contributed by atoms with Gasteiger partial charge >= 0.3 is 0 Å². The Kier molecular flexibility index (Phi) is 3.55. The lowest BCUT2D eigenvalue weighted by atomic mass is 9.74. The Labute approximate surface area is 161 Å². The maximum Gasteiger partial charge on any atom is 0.274 e. The summed E-state index contributed by atoms with van der Waals surface area (Å²) >= 11 is 0. The summed E-state index contributed by atoms with van der Waals surface area (Å²) in [5.74, 6) is 0.313. The lowest BCUT2D eigenvalue weighted by Gasteiger charge is -2.33. The van der Waals surface area contributed by atoms with Crippen molar-refractivity contribution < 1.29 is 9.59 Å². The SMILES string of the molecule is Cn1ccnc1[C@@H]1N(C(=O)c2cnccn2)CC[C@]12C(=O)Nc1ccccc12. The fourth-order valence-corrected chi connectivity index (χ4v) is 4.46. The highest BCUT2D eigenvalue weighted by Crippen LogP contribution is 2.54. The number of benzene rings is 1. The van der Waals surface area contributed by atoms with E-state index in [1.165, 1.54) is 18.6 Å². The number of carbonyl (C=O) groups is 2. The van der Waals surface area contributed by atoms with Crippen LogP contribution in [-0.2, 0) is 17.3 Å². The zero-order chi connectivity index (χ0) is 19.3. The second-order valence-electron chi connectivity index (χ2n) is 7.11. The lowest BCUT2D eigenvalue weighted by molar-refractivity contribution is -0.121. The van der Waals surface area contributed by atoms with E-state index in [1.54, 1.807) is 11.1 Å². The molecular formula is C20H18N6O2. The summed E-state index contributed by atoms with van der Waals surface area (Å²) in [6.45, 7) is 0.425. The fourth-order valence-electron chi connectivity index (χ4n) is 4.46. The van der Waals surface area contributed by atoms with Crippen LogP contribution < -0.4 is 5.32 Å². The molecule has 2 atom stereocenters. The van der Waals surface area contributed by atoms with Crippen LogP contribution in [0.25, 0.3) is 0 Å². The van der Waals surface area contributed by atoms with Gasteiger partial charge in [-0.3, -0.25) is 14.6 Å². The van der Waals surface area contributed by atoms with Crippen LogP contribution >= 0.6 is 0 Å².